The van der Waals surface area contributed by atoms with Crippen molar-refractivity contribution in [1.82, 2.24) is 19.7 Å². The predicted molar refractivity (Wildman–Crippen MR) is 103 cm³/mol. The molecular weight excluding hydrogens is 360 g/mol. The fourth-order valence-electron chi connectivity index (χ4n) is 2.97. The Hall–Kier alpha value is -3.74. The van der Waals surface area contributed by atoms with E-state index in [0.29, 0.717) is 35.9 Å². The number of hydrazone groups is 1. The molecule has 1 amide bonds. The molecule has 1 aliphatic rings. The van der Waals surface area contributed by atoms with Gasteiger partial charge in [-0.1, -0.05) is 0 Å². The van der Waals surface area contributed by atoms with E-state index in [1.165, 1.54) is 17.1 Å². The molecule has 0 unspecified atom stereocenters. The van der Waals surface area contributed by atoms with E-state index >= 15 is 0 Å². The number of hydrogen-bond donors (Lipinski definition) is 2. The van der Waals surface area contributed by atoms with Gasteiger partial charge in [-0.3, -0.25) is 14.9 Å². The average Bonchev–Trinajstić information content (AvgIpc) is 3.08. The van der Waals surface area contributed by atoms with Crippen molar-refractivity contribution in [3.05, 3.63) is 35.7 Å². The number of piperidine rings is 1. The summed E-state index contributed by atoms with van der Waals surface area (Å²) in [6.07, 6.45) is 6.83. The Balaban J connectivity index is 1.70. The summed E-state index contributed by atoms with van der Waals surface area (Å²) in [5, 5.41) is 24.0. The number of nitriles is 1. The lowest BCUT2D eigenvalue weighted by molar-refractivity contribution is 0.0528. The molecule has 28 heavy (non-hydrogen) atoms. The van der Waals surface area contributed by atoms with Crippen molar-refractivity contribution in [2.75, 3.05) is 18.5 Å². The fraction of sp³-hybridized carbons (Fsp3) is 0.333. The van der Waals surface area contributed by atoms with Crippen LogP contribution in [0, 0.1) is 16.7 Å². The SMILES string of the molecule is Cn1cc(C(=O)N2CCC[C@@H](Oc3cc(C#N)ccn3)C2)c(N/N=C\C=N)n1. The number of aryl methyl sites for hydroxylation is 1. The first-order chi connectivity index (χ1) is 13.6. The molecule has 1 aliphatic heterocycles. The Kier molecular flexibility index (Phi) is 5.96. The molecule has 2 aromatic heterocycles. The van der Waals surface area contributed by atoms with Crippen molar-refractivity contribution in [1.29, 1.82) is 10.7 Å². The number of rotatable bonds is 6. The van der Waals surface area contributed by atoms with Crippen molar-refractivity contribution in [3.63, 3.8) is 0 Å². The first-order valence-corrected chi connectivity index (χ1v) is 8.74. The van der Waals surface area contributed by atoms with Crippen molar-refractivity contribution >= 4 is 24.2 Å². The zero-order valence-electron chi connectivity index (χ0n) is 15.4. The largest absolute Gasteiger partial charge is 0.472 e. The van der Waals surface area contributed by atoms with Crippen LogP contribution in [0.3, 0.4) is 0 Å². The van der Waals surface area contributed by atoms with E-state index in [1.807, 2.05) is 0 Å². The second kappa shape index (κ2) is 8.77. The summed E-state index contributed by atoms with van der Waals surface area (Å²) in [5.74, 6) is 0.535. The Morgan fingerprint density at radius 1 is 1.57 bits per heavy atom. The number of carbonyl (C=O) groups excluding carboxylic acids is 1. The molecule has 3 heterocycles. The van der Waals surface area contributed by atoms with Crippen LogP contribution in [0.1, 0.15) is 28.8 Å². The van der Waals surface area contributed by atoms with Gasteiger partial charge in [0.05, 0.1) is 24.4 Å². The maximum absolute atomic E-state index is 13.0. The van der Waals surface area contributed by atoms with Gasteiger partial charge in [0, 0.05) is 38.3 Å². The van der Waals surface area contributed by atoms with Gasteiger partial charge in [-0.25, -0.2) is 4.98 Å². The van der Waals surface area contributed by atoms with E-state index < -0.39 is 0 Å². The molecule has 1 atom stereocenters. The summed E-state index contributed by atoms with van der Waals surface area (Å²) in [4.78, 5) is 18.8. The number of ether oxygens (including phenoxy) is 1. The molecule has 2 N–H and O–H groups in total. The maximum atomic E-state index is 13.0. The highest BCUT2D eigenvalue weighted by molar-refractivity contribution is 6.14. The molecule has 0 bridgehead atoms. The zero-order chi connectivity index (χ0) is 19.9. The molecule has 1 saturated heterocycles. The minimum Gasteiger partial charge on any atom is -0.472 e. The van der Waals surface area contributed by atoms with Gasteiger partial charge >= 0.3 is 0 Å². The Morgan fingerprint density at radius 3 is 3.21 bits per heavy atom. The van der Waals surface area contributed by atoms with Crippen LogP contribution in [0.25, 0.3) is 0 Å². The first kappa shape index (κ1) is 19.0. The minimum atomic E-state index is -0.205. The van der Waals surface area contributed by atoms with Crippen molar-refractivity contribution < 1.29 is 9.53 Å². The number of nitrogens with zero attached hydrogens (tertiary/aromatic N) is 6. The second-order valence-corrected chi connectivity index (χ2v) is 6.25. The van der Waals surface area contributed by atoms with Crippen LogP contribution in [-0.2, 0) is 7.05 Å². The number of anilines is 1. The van der Waals surface area contributed by atoms with Crippen molar-refractivity contribution in [2.45, 2.75) is 18.9 Å². The number of likely N-dealkylation sites (tertiary alicyclic amines) is 1. The third-order valence-corrected chi connectivity index (χ3v) is 4.20. The van der Waals surface area contributed by atoms with E-state index in [9.17, 15) is 4.79 Å². The number of amides is 1. The average molecular weight is 380 g/mol. The van der Waals surface area contributed by atoms with Gasteiger partial charge in [0.2, 0.25) is 5.88 Å². The lowest BCUT2D eigenvalue weighted by Gasteiger charge is -2.32. The normalized spacial score (nSPS) is 16.6. The van der Waals surface area contributed by atoms with Gasteiger partial charge in [0.15, 0.2) is 5.82 Å². The summed E-state index contributed by atoms with van der Waals surface area (Å²) in [5.41, 5.74) is 3.56. The summed E-state index contributed by atoms with van der Waals surface area (Å²) in [6.45, 7) is 1.03. The van der Waals surface area contributed by atoms with Gasteiger partial charge in [-0.15, -0.1) is 0 Å². The van der Waals surface area contributed by atoms with Gasteiger partial charge in [0.1, 0.15) is 11.7 Å². The second-order valence-electron chi connectivity index (χ2n) is 6.25. The highest BCUT2D eigenvalue weighted by Crippen LogP contribution is 2.21. The zero-order valence-corrected chi connectivity index (χ0v) is 15.4. The molecule has 0 spiro atoms. The maximum Gasteiger partial charge on any atom is 0.259 e. The van der Waals surface area contributed by atoms with E-state index in [1.54, 1.807) is 30.3 Å². The van der Waals surface area contributed by atoms with E-state index in [2.05, 4.69) is 26.7 Å². The highest BCUT2D eigenvalue weighted by Gasteiger charge is 2.28. The fourth-order valence-corrected chi connectivity index (χ4v) is 2.97. The lowest BCUT2D eigenvalue weighted by Crippen LogP contribution is -2.44. The van der Waals surface area contributed by atoms with Crippen LogP contribution in [0.5, 0.6) is 5.88 Å². The molecule has 1 fully saturated rings. The quantitative estimate of drug-likeness (QED) is 0.575. The molecule has 2 aromatic rings. The molecule has 144 valence electrons. The summed E-state index contributed by atoms with van der Waals surface area (Å²) in [6, 6.07) is 5.26. The summed E-state index contributed by atoms with van der Waals surface area (Å²) >= 11 is 0. The molecule has 0 saturated carbocycles. The van der Waals surface area contributed by atoms with Crippen LogP contribution in [0.15, 0.2) is 29.6 Å². The third-order valence-electron chi connectivity index (χ3n) is 4.20. The third kappa shape index (κ3) is 4.50. The Morgan fingerprint density at radius 2 is 2.43 bits per heavy atom. The molecular formula is C18H20N8O2. The predicted octanol–water partition coefficient (Wildman–Crippen LogP) is 1.42. The van der Waals surface area contributed by atoms with Gasteiger partial charge in [0.25, 0.3) is 5.91 Å². The summed E-state index contributed by atoms with van der Waals surface area (Å²) in [7, 11) is 1.72. The van der Waals surface area contributed by atoms with Crippen molar-refractivity contribution in [3.8, 4) is 11.9 Å². The van der Waals surface area contributed by atoms with E-state index in [0.717, 1.165) is 19.1 Å². The molecule has 10 nitrogen and oxygen atoms in total. The Labute approximate surface area is 161 Å². The van der Waals surface area contributed by atoms with Crippen LogP contribution in [0.2, 0.25) is 0 Å². The van der Waals surface area contributed by atoms with E-state index in [-0.39, 0.29) is 12.0 Å². The number of aromatic nitrogens is 3. The number of hydrogen-bond acceptors (Lipinski definition) is 8. The van der Waals surface area contributed by atoms with Crippen LogP contribution < -0.4 is 10.2 Å². The van der Waals surface area contributed by atoms with Crippen LogP contribution in [-0.4, -0.2) is 57.2 Å². The molecule has 10 heteroatoms. The van der Waals surface area contributed by atoms with Gasteiger partial charge in [-0.2, -0.15) is 15.5 Å². The molecule has 0 aromatic carbocycles. The number of carbonyl (C=O) groups is 1. The summed E-state index contributed by atoms with van der Waals surface area (Å²) < 4.78 is 7.42. The molecule has 0 radical (unpaired) electrons. The van der Waals surface area contributed by atoms with Crippen LogP contribution in [0.4, 0.5) is 5.82 Å². The topological polar surface area (TPSA) is 132 Å². The van der Waals surface area contributed by atoms with Crippen LogP contribution >= 0.6 is 0 Å². The van der Waals surface area contributed by atoms with Gasteiger partial charge < -0.3 is 15.0 Å². The lowest BCUT2D eigenvalue weighted by atomic mass is 10.1. The standard InChI is InChI=1S/C18H20N8O2/c1-25-12-15(17(24-25)23-22-7-5-19)18(27)26-8-2-3-14(11-26)28-16-9-13(10-20)4-6-21-16/h4-7,9,12,14,19H,2-3,8,11H2,1H3,(H,23,24)/b19-5?,22-7-/t14-/m1/s1. The molecule has 3 rings (SSSR count). The highest BCUT2D eigenvalue weighted by atomic mass is 16.5. The number of pyridine rings is 1. The smallest absolute Gasteiger partial charge is 0.259 e. The van der Waals surface area contributed by atoms with Crippen molar-refractivity contribution in [2.24, 2.45) is 12.1 Å². The minimum absolute atomic E-state index is 0.173. The monoisotopic (exact) mass is 380 g/mol. The number of nitrogens with one attached hydrogen (secondary N) is 2. The first-order valence-electron chi connectivity index (χ1n) is 8.74. The van der Waals surface area contributed by atoms with Gasteiger partial charge in [-0.05, 0) is 18.9 Å². The molecule has 0 aliphatic carbocycles. The Bertz CT molecular complexity index is 930. The van der Waals surface area contributed by atoms with E-state index in [4.69, 9.17) is 15.4 Å².